The highest BCUT2D eigenvalue weighted by atomic mass is 16.5. The van der Waals surface area contributed by atoms with Crippen molar-refractivity contribution >= 4 is 39.9 Å². The average molecular weight is 444 g/mol. The fourth-order valence-electron chi connectivity index (χ4n) is 3.73. The van der Waals surface area contributed by atoms with Gasteiger partial charge in [0, 0.05) is 42.7 Å². The van der Waals surface area contributed by atoms with Gasteiger partial charge in [-0.3, -0.25) is 9.59 Å². The van der Waals surface area contributed by atoms with Crippen molar-refractivity contribution < 1.29 is 14.3 Å². The second kappa shape index (κ2) is 9.95. The lowest BCUT2D eigenvalue weighted by Crippen LogP contribution is -2.41. The van der Waals surface area contributed by atoms with E-state index in [0.29, 0.717) is 24.6 Å². The van der Waals surface area contributed by atoms with Crippen molar-refractivity contribution in [2.24, 2.45) is 0 Å². The number of piperidine rings is 1. The number of nitrogens with zero attached hydrogens (tertiary/aromatic N) is 3. The first-order valence-corrected chi connectivity index (χ1v) is 10.7. The van der Waals surface area contributed by atoms with Gasteiger partial charge in [-0.05, 0) is 48.6 Å². The minimum atomic E-state index is -0.277. The number of anilines is 3. The number of carbonyl (C=O) groups is 2. The van der Waals surface area contributed by atoms with Crippen LogP contribution in [0.2, 0.25) is 0 Å². The Morgan fingerprint density at radius 2 is 1.82 bits per heavy atom. The second-order valence-electron chi connectivity index (χ2n) is 7.65. The van der Waals surface area contributed by atoms with Gasteiger partial charge >= 0.3 is 0 Å². The maximum Gasteiger partial charge on any atom is 0.247 e. The van der Waals surface area contributed by atoms with Crippen LogP contribution in [-0.4, -0.2) is 45.9 Å². The van der Waals surface area contributed by atoms with E-state index in [0.717, 1.165) is 35.2 Å². The van der Waals surface area contributed by atoms with E-state index in [1.807, 2.05) is 36.4 Å². The van der Waals surface area contributed by atoms with E-state index in [4.69, 9.17) is 4.74 Å². The zero-order chi connectivity index (χ0) is 23.2. The zero-order valence-electron chi connectivity index (χ0n) is 18.2. The number of hydrogen-bond donors (Lipinski definition) is 2. The predicted octanol–water partition coefficient (Wildman–Crippen LogP) is 4.05. The lowest BCUT2D eigenvalue weighted by atomic mass is 10.1. The van der Waals surface area contributed by atoms with E-state index in [1.165, 1.54) is 18.5 Å². The van der Waals surface area contributed by atoms with Crippen LogP contribution in [0.25, 0.3) is 10.9 Å². The molecule has 0 unspecified atom stereocenters. The van der Waals surface area contributed by atoms with Crippen LogP contribution in [0.15, 0.2) is 74.1 Å². The molecule has 1 aliphatic heterocycles. The monoisotopic (exact) mass is 443 g/mol. The maximum absolute atomic E-state index is 11.8. The Hall–Kier alpha value is -4.20. The molecule has 8 heteroatoms. The van der Waals surface area contributed by atoms with Crippen LogP contribution in [0.3, 0.4) is 0 Å². The van der Waals surface area contributed by atoms with E-state index in [2.05, 4.69) is 33.8 Å². The minimum Gasteiger partial charge on any atom is -0.490 e. The van der Waals surface area contributed by atoms with Crippen molar-refractivity contribution in [1.82, 2.24) is 14.9 Å². The van der Waals surface area contributed by atoms with Gasteiger partial charge in [-0.1, -0.05) is 19.2 Å². The van der Waals surface area contributed by atoms with Crippen LogP contribution in [-0.2, 0) is 9.59 Å². The molecule has 2 amide bonds. The third-order valence-electron chi connectivity index (χ3n) is 5.42. The van der Waals surface area contributed by atoms with Gasteiger partial charge in [0.05, 0.1) is 5.52 Å². The first-order valence-electron chi connectivity index (χ1n) is 10.7. The molecule has 0 spiro atoms. The van der Waals surface area contributed by atoms with Gasteiger partial charge in [-0.2, -0.15) is 0 Å². The molecule has 0 aliphatic carbocycles. The van der Waals surface area contributed by atoms with Crippen molar-refractivity contribution in [2.75, 3.05) is 23.7 Å². The van der Waals surface area contributed by atoms with Crippen molar-refractivity contribution in [1.29, 1.82) is 0 Å². The fourth-order valence-corrected chi connectivity index (χ4v) is 3.73. The largest absolute Gasteiger partial charge is 0.490 e. The molecule has 8 nitrogen and oxygen atoms in total. The summed E-state index contributed by atoms with van der Waals surface area (Å²) in [5.74, 6) is 1.03. The molecule has 1 aromatic heterocycles. The Bertz CT molecular complexity index is 1200. The molecule has 0 radical (unpaired) electrons. The van der Waals surface area contributed by atoms with Gasteiger partial charge in [0.15, 0.2) is 0 Å². The Kier molecular flexibility index (Phi) is 6.64. The number of amides is 2. The first kappa shape index (κ1) is 22.0. The van der Waals surface area contributed by atoms with Crippen molar-refractivity contribution in [3.05, 3.63) is 74.1 Å². The third-order valence-corrected chi connectivity index (χ3v) is 5.42. The maximum atomic E-state index is 11.8. The summed E-state index contributed by atoms with van der Waals surface area (Å²) in [5.41, 5.74) is 2.19. The molecule has 0 atom stereocenters. The number of aromatic nitrogens is 2. The quantitative estimate of drug-likeness (QED) is 0.535. The molecule has 2 N–H and O–H groups in total. The number of hydrogen-bond acceptors (Lipinski definition) is 6. The fraction of sp³-hybridized carbons (Fsp3) is 0.200. The zero-order valence-corrected chi connectivity index (χ0v) is 18.2. The van der Waals surface area contributed by atoms with E-state index < -0.39 is 0 Å². The van der Waals surface area contributed by atoms with E-state index in [-0.39, 0.29) is 17.9 Å². The van der Waals surface area contributed by atoms with Crippen molar-refractivity contribution in [2.45, 2.75) is 18.9 Å². The van der Waals surface area contributed by atoms with Gasteiger partial charge in [0.1, 0.15) is 24.0 Å². The Labute approximate surface area is 192 Å². The van der Waals surface area contributed by atoms with Crippen LogP contribution >= 0.6 is 0 Å². The normalized spacial score (nSPS) is 13.9. The standard InChI is InChI=1S/C25H25N5O3/c1-3-23(31)28-17-6-5-7-18(14-17)29-25-21-15-20(8-9-22(21)26-16-27-25)33-19-10-12-30(13-11-19)24(32)4-2/h3-9,14-16,19H,1-2,10-13H2,(H,28,31)(H,26,27,29). The van der Waals surface area contributed by atoms with Crippen LogP contribution < -0.4 is 15.4 Å². The third kappa shape index (κ3) is 5.35. The van der Waals surface area contributed by atoms with Gasteiger partial charge < -0.3 is 20.3 Å². The van der Waals surface area contributed by atoms with Crippen LogP contribution in [0.5, 0.6) is 5.75 Å². The summed E-state index contributed by atoms with van der Waals surface area (Å²) >= 11 is 0. The highest BCUT2D eigenvalue weighted by Crippen LogP contribution is 2.29. The van der Waals surface area contributed by atoms with Gasteiger partial charge in [0.2, 0.25) is 11.8 Å². The minimum absolute atomic E-state index is 0.0301. The number of likely N-dealkylation sites (tertiary alicyclic amines) is 1. The summed E-state index contributed by atoms with van der Waals surface area (Å²) in [6.45, 7) is 8.32. The van der Waals surface area contributed by atoms with Gasteiger partial charge in [-0.25, -0.2) is 9.97 Å². The number of fused-ring (bicyclic) bond motifs is 1. The van der Waals surface area contributed by atoms with Crippen LogP contribution in [0, 0.1) is 0 Å². The number of benzene rings is 2. The Morgan fingerprint density at radius 3 is 2.58 bits per heavy atom. The lowest BCUT2D eigenvalue weighted by molar-refractivity contribution is -0.127. The van der Waals surface area contributed by atoms with Gasteiger partial charge in [-0.15, -0.1) is 0 Å². The van der Waals surface area contributed by atoms with E-state index >= 15 is 0 Å². The SMILES string of the molecule is C=CC(=O)Nc1cccc(Nc2ncnc3ccc(OC4CCN(C(=O)C=C)CC4)cc23)c1. The van der Waals surface area contributed by atoms with Gasteiger partial charge in [0.25, 0.3) is 0 Å². The molecule has 0 saturated carbocycles. The molecule has 0 bridgehead atoms. The van der Waals surface area contributed by atoms with Crippen LogP contribution in [0.4, 0.5) is 17.2 Å². The molecular formula is C25H25N5O3. The van der Waals surface area contributed by atoms with E-state index in [1.54, 1.807) is 11.0 Å². The van der Waals surface area contributed by atoms with E-state index in [9.17, 15) is 9.59 Å². The molecule has 4 rings (SSSR count). The smallest absolute Gasteiger partial charge is 0.247 e. The second-order valence-corrected chi connectivity index (χ2v) is 7.65. The summed E-state index contributed by atoms with van der Waals surface area (Å²) in [4.78, 5) is 33.9. The van der Waals surface area contributed by atoms with Crippen molar-refractivity contribution in [3.63, 3.8) is 0 Å². The molecule has 2 aromatic carbocycles. The Morgan fingerprint density at radius 1 is 1.03 bits per heavy atom. The lowest BCUT2D eigenvalue weighted by Gasteiger charge is -2.31. The predicted molar refractivity (Wildman–Crippen MR) is 129 cm³/mol. The highest BCUT2D eigenvalue weighted by Gasteiger charge is 2.22. The molecule has 33 heavy (non-hydrogen) atoms. The molecule has 3 aromatic rings. The summed E-state index contributed by atoms with van der Waals surface area (Å²) in [6, 6.07) is 13.0. The molecule has 2 heterocycles. The summed E-state index contributed by atoms with van der Waals surface area (Å²) in [5, 5.41) is 6.85. The Balaban J connectivity index is 1.50. The number of nitrogens with one attached hydrogen (secondary N) is 2. The van der Waals surface area contributed by atoms with Crippen LogP contribution in [0.1, 0.15) is 12.8 Å². The van der Waals surface area contributed by atoms with Crippen molar-refractivity contribution in [3.8, 4) is 5.75 Å². The molecule has 168 valence electrons. The molecule has 1 fully saturated rings. The number of carbonyl (C=O) groups excluding carboxylic acids is 2. The number of ether oxygens (including phenoxy) is 1. The summed E-state index contributed by atoms with van der Waals surface area (Å²) < 4.78 is 6.20. The average Bonchev–Trinajstić information content (AvgIpc) is 2.84. The highest BCUT2D eigenvalue weighted by molar-refractivity contribution is 5.99. The molecular weight excluding hydrogens is 418 g/mol. The topological polar surface area (TPSA) is 96.4 Å². The molecule has 1 saturated heterocycles. The summed E-state index contributed by atoms with van der Waals surface area (Å²) in [7, 11) is 0. The first-order chi connectivity index (χ1) is 16.1. The summed E-state index contributed by atoms with van der Waals surface area (Å²) in [6.07, 6.45) is 5.63. The molecule has 1 aliphatic rings. The number of rotatable bonds is 7.